The maximum absolute atomic E-state index is 11.4. The van der Waals surface area contributed by atoms with Crippen LogP contribution in [0.3, 0.4) is 0 Å². The summed E-state index contributed by atoms with van der Waals surface area (Å²) in [7, 11) is 1.51. The molecule has 0 N–H and O–H groups in total. The van der Waals surface area contributed by atoms with Gasteiger partial charge in [-0.3, -0.25) is 14.5 Å². The lowest BCUT2D eigenvalue weighted by Crippen LogP contribution is -2.25. The van der Waals surface area contributed by atoms with Crippen LogP contribution in [0.15, 0.2) is 11.0 Å². The van der Waals surface area contributed by atoms with E-state index >= 15 is 0 Å². The van der Waals surface area contributed by atoms with Crippen LogP contribution in [0.2, 0.25) is 0 Å². The first-order chi connectivity index (χ1) is 7.16. The molecule has 0 fully saturated rings. The van der Waals surface area contributed by atoms with Gasteiger partial charge in [-0.1, -0.05) is 6.42 Å². The number of amides is 2. The zero-order chi connectivity index (χ0) is 11.3. The number of likely N-dealkylation sites (N-methyl/N-ethyl adjacent to an activating group) is 1. The van der Waals surface area contributed by atoms with Crippen LogP contribution in [0.5, 0.6) is 0 Å². The Morgan fingerprint density at radius 2 is 2.07 bits per heavy atom. The van der Waals surface area contributed by atoms with E-state index in [1.165, 1.54) is 24.9 Å². The standard InChI is InChI=1S/C10H15NO2S2/c1-11-9(12)7-8(10(11)13)15-6-4-2-3-5-14/h7,14H,2-6H2,1H3. The molecule has 0 aliphatic carbocycles. The van der Waals surface area contributed by atoms with Gasteiger partial charge in [-0.2, -0.15) is 12.6 Å². The van der Waals surface area contributed by atoms with Crippen molar-refractivity contribution in [2.45, 2.75) is 19.3 Å². The molecule has 2 amide bonds. The first-order valence-corrected chi connectivity index (χ1v) is 6.56. The molecule has 0 spiro atoms. The number of thiol groups is 1. The van der Waals surface area contributed by atoms with E-state index in [-0.39, 0.29) is 11.8 Å². The first kappa shape index (κ1) is 12.6. The molecule has 0 bridgehead atoms. The summed E-state index contributed by atoms with van der Waals surface area (Å²) in [5.41, 5.74) is 0. The van der Waals surface area contributed by atoms with E-state index in [2.05, 4.69) is 12.6 Å². The molecule has 0 aromatic heterocycles. The predicted octanol–water partition coefficient (Wildman–Crippen LogP) is 1.70. The van der Waals surface area contributed by atoms with Crippen molar-refractivity contribution in [3.05, 3.63) is 11.0 Å². The molecule has 0 radical (unpaired) electrons. The van der Waals surface area contributed by atoms with E-state index in [4.69, 9.17) is 0 Å². The third kappa shape index (κ3) is 3.57. The SMILES string of the molecule is CN1C(=O)C=C(SCCCCCS)C1=O. The summed E-state index contributed by atoms with van der Waals surface area (Å²) in [5.74, 6) is 1.43. The van der Waals surface area contributed by atoms with Gasteiger partial charge in [-0.05, 0) is 24.3 Å². The maximum Gasteiger partial charge on any atom is 0.267 e. The van der Waals surface area contributed by atoms with Crippen LogP contribution < -0.4 is 0 Å². The summed E-state index contributed by atoms with van der Waals surface area (Å²) >= 11 is 5.60. The maximum atomic E-state index is 11.4. The largest absolute Gasteiger partial charge is 0.278 e. The highest BCUT2D eigenvalue weighted by Crippen LogP contribution is 2.24. The molecule has 3 nitrogen and oxygen atoms in total. The van der Waals surface area contributed by atoms with Gasteiger partial charge in [-0.25, -0.2) is 0 Å². The second kappa shape index (κ2) is 6.23. The highest BCUT2D eigenvalue weighted by Gasteiger charge is 2.27. The average Bonchev–Trinajstić information content (AvgIpc) is 2.46. The topological polar surface area (TPSA) is 37.4 Å². The van der Waals surface area contributed by atoms with E-state index in [0.717, 1.165) is 35.7 Å². The number of hydrogen-bond acceptors (Lipinski definition) is 4. The predicted molar refractivity (Wildman–Crippen MR) is 66.0 cm³/mol. The quantitative estimate of drug-likeness (QED) is 0.440. The van der Waals surface area contributed by atoms with Gasteiger partial charge >= 0.3 is 0 Å². The Kier molecular flexibility index (Phi) is 5.25. The summed E-state index contributed by atoms with van der Waals surface area (Å²) in [5, 5.41) is 0. The number of carbonyl (C=O) groups is 2. The number of hydrogen-bond donors (Lipinski definition) is 1. The van der Waals surface area contributed by atoms with Gasteiger partial charge in [0.2, 0.25) is 0 Å². The fourth-order valence-electron chi connectivity index (χ4n) is 1.21. The fraction of sp³-hybridized carbons (Fsp3) is 0.600. The first-order valence-electron chi connectivity index (χ1n) is 4.94. The van der Waals surface area contributed by atoms with E-state index in [1.807, 2.05) is 0 Å². The number of unbranched alkanes of at least 4 members (excludes halogenated alkanes) is 2. The molecule has 0 aromatic carbocycles. The normalized spacial score (nSPS) is 16.1. The summed E-state index contributed by atoms with van der Waals surface area (Å²) in [6.07, 6.45) is 4.72. The second-order valence-corrected chi connectivity index (χ2v) is 4.93. The Balaban J connectivity index is 2.25. The monoisotopic (exact) mass is 245 g/mol. The number of rotatable bonds is 6. The zero-order valence-corrected chi connectivity index (χ0v) is 10.4. The van der Waals surface area contributed by atoms with Crippen LogP contribution in [0.4, 0.5) is 0 Å². The molecule has 0 saturated heterocycles. The minimum absolute atomic E-state index is 0.167. The summed E-state index contributed by atoms with van der Waals surface area (Å²) in [6.45, 7) is 0. The Bertz CT molecular complexity index is 289. The van der Waals surface area contributed by atoms with Crippen molar-refractivity contribution in [1.29, 1.82) is 0 Å². The molecule has 0 aromatic rings. The summed E-state index contributed by atoms with van der Waals surface area (Å²) in [6, 6.07) is 0. The number of nitrogens with zero attached hydrogens (tertiary/aromatic N) is 1. The Labute approximate surface area is 99.7 Å². The smallest absolute Gasteiger partial charge is 0.267 e. The average molecular weight is 245 g/mol. The van der Waals surface area contributed by atoms with Crippen LogP contribution >= 0.6 is 24.4 Å². The van der Waals surface area contributed by atoms with Gasteiger partial charge in [0.1, 0.15) is 0 Å². The molecule has 5 heteroatoms. The minimum Gasteiger partial charge on any atom is -0.278 e. The van der Waals surface area contributed by atoms with Crippen LogP contribution in [0.1, 0.15) is 19.3 Å². The van der Waals surface area contributed by atoms with Crippen molar-refractivity contribution >= 4 is 36.2 Å². The highest BCUT2D eigenvalue weighted by atomic mass is 32.2. The molecule has 0 saturated carbocycles. The third-order valence-corrected chi connectivity index (χ3v) is 3.57. The highest BCUT2D eigenvalue weighted by molar-refractivity contribution is 8.04. The van der Waals surface area contributed by atoms with Crippen molar-refractivity contribution in [3.63, 3.8) is 0 Å². The summed E-state index contributed by atoms with van der Waals surface area (Å²) < 4.78 is 0. The van der Waals surface area contributed by atoms with Crippen LogP contribution in [-0.4, -0.2) is 35.3 Å². The van der Waals surface area contributed by atoms with E-state index < -0.39 is 0 Å². The lowest BCUT2D eigenvalue weighted by Gasteiger charge is -2.06. The molecule has 84 valence electrons. The van der Waals surface area contributed by atoms with E-state index in [9.17, 15) is 9.59 Å². The molecule has 15 heavy (non-hydrogen) atoms. The molecule has 1 aliphatic heterocycles. The van der Waals surface area contributed by atoms with Crippen molar-refractivity contribution < 1.29 is 9.59 Å². The lowest BCUT2D eigenvalue weighted by molar-refractivity contribution is -0.135. The van der Waals surface area contributed by atoms with E-state index in [1.54, 1.807) is 0 Å². The molecule has 1 aliphatic rings. The van der Waals surface area contributed by atoms with Crippen LogP contribution in [-0.2, 0) is 9.59 Å². The van der Waals surface area contributed by atoms with Gasteiger partial charge in [0, 0.05) is 13.1 Å². The zero-order valence-electron chi connectivity index (χ0n) is 8.73. The molecule has 0 atom stereocenters. The van der Waals surface area contributed by atoms with Gasteiger partial charge in [-0.15, -0.1) is 11.8 Å². The van der Waals surface area contributed by atoms with E-state index in [0.29, 0.717) is 4.91 Å². The Morgan fingerprint density at radius 3 is 2.60 bits per heavy atom. The van der Waals surface area contributed by atoms with Gasteiger partial charge in [0.05, 0.1) is 4.91 Å². The molecule has 0 unspecified atom stereocenters. The van der Waals surface area contributed by atoms with Crippen molar-refractivity contribution in [3.8, 4) is 0 Å². The van der Waals surface area contributed by atoms with Gasteiger partial charge < -0.3 is 0 Å². The molecular weight excluding hydrogens is 230 g/mol. The van der Waals surface area contributed by atoms with Crippen molar-refractivity contribution in [2.24, 2.45) is 0 Å². The summed E-state index contributed by atoms with van der Waals surface area (Å²) in [4.78, 5) is 24.3. The number of thioether (sulfide) groups is 1. The second-order valence-electron chi connectivity index (χ2n) is 3.34. The van der Waals surface area contributed by atoms with Crippen molar-refractivity contribution in [1.82, 2.24) is 4.90 Å². The molecular formula is C10H15NO2S2. The molecule has 1 rings (SSSR count). The number of carbonyl (C=O) groups excluding carboxylic acids is 2. The number of imide groups is 1. The minimum atomic E-state index is -0.210. The van der Waals surface area contributed by atoms with Crippen LogP contribution in [0.25, 0.3) is 0 Å². The fourth-order valence-corrected chi connectivity index (χ4v) is 2.45. The lowest BCUT2D eigenvalue weighted by atomic mass is 10.3. The Hall–Kier alpha value is -0.420. The van der Waals surface area contributed by atoms with Gasteiger partial charge in [0.25, 0.3) is 11.8 Å². The molecule has 1 heterocycles. The van der Waals surface area contributed by atoms with Crippen molar-refractivity contribution in [2.75, 3.05) is 18.6 Å². The Morgan fingerprint density at radius 1 is 1.33 bits per heavy atom. The van der Waals surface area contributed by atoms with Gasteiger partial charge in [0.15, 0.2) is 0 Å². The third-order valence-electron chi connectivity index (χ3n) is 2.16. The van der Waals surface area contributed by atoms with Crippen LogP contribution in [0, 0.1) is 0 Å².